The van der Waals surface area contributed by atoms with Crippen LogP contribution in [0, 0.1) is 0 Å². The molecule has 2 aromatic rings. The van der Waals surface area contributed by atoms with Crippen LogP contribution < -0.4 is 16.4 Å². The average Bonchev–Trinajstić information content (AvgIpc) is 2.82. The number of primary amides is 1. The summed E-state index contributed by atoms with van der Waals surface area (Å²) >= 11 is 6.95. The topological polar surface area (TPSA) is 97.1 Å². The van der Waals surface area contributed by atoms with Gasteiger partial charge in [0.2, 0.25) is 0 Å². The van der Waals surface area contributed by atoms with Crippen LogP contribution in [0.2, 0.25) is 5.02 Å². The molecule has 0 atom stereocenters. The lowest BCUT2D eigenvalue weighted by Gasteiger charge is -2.03. The summed E-state index contributed by atoms with van der Waals surface area (Å²) in [5.74, 6) is -1.09. The first kappa shape index (κ1) is 14.3. The van der Waals surface area contributed by atoms with E-state index in [4.69, 9.17) is 17.3 Å². The number of carbonyl (C=O) groups excluding carboxylic acids is 2. The van der Waals surface area contributed by atoms with Gasteiger partial charge < -0.3 is 16.4 Å². The molecule has 2 amide bonds. The van der Waals surface area contributed by atoms with E-state index in [0.717, 1.165) is 11.3 Å². The molecule has 4 N–H and O–H groups in total. The van der Waals surface area contributed by atoms with Gasteiger partial charge >= 0.3 is 0 Å². The van der Waals surface area contributed by atoms with Crippen molar-refractivity contribution in [2.24, 2.45) is 5.73 Å². The van der Waals surface area contributed by atoms with Crippen molar-refractivity contribution in [3.05, 3.63) is 40.5 Å². The first-order chi connectivity index (χ1) is 9.51. The smallest absolute Gasteiger partial charge is 0.270 e. The first-order valence-electron chi connectivity index (χ1n) is 5.56. The van der Waals surface area contributed by atoms with Crippen LogP contribution in [0.1, 0.15) is 20.8 Å². The Kier molecular flexibility index (Phi) is 4.21. The summed E-state index contributed by atoms with van der Waals surface area (Å²) in [5, 5.41) is 6.64. The molecular formula is C12H11ClN4O2S. The minimum absolute atomic E-state index is 0.0229. The SMILES string of the molecule is CNc1nc(C(N)=O)c(NC(=O)c2cccc(Cl)c2)s1. The highest BCUT2D eigenvalue weighted by Gasteiger charge is 2.18. The predicted molar refractivity (Wildman–Crippen MR) is 79.6 cm³/mol. The number of nitrogens with zero attached hydrogens (tertiary/aromatic N) is 1. The molecule has 104 valence electrons. The second-order valence-corrected chi connectivity index (χ2v) is 5.21. The Morgan fingerprint density at radius 1 is 1.40 bits per heavy atom. The van der Waals surface area contributed by atoms with Gasteiger partial charge in [-0.2, -0.15) is 0 Å². The molecule has 0 fully saturated rings. The number of nitrogens with two attached hydrogens (primary N) is 1. The predicted octanol–water partition coefficient (Wildman–Crippen LogP) is 2.19. The van der Waals surface area contributed by atoms with Crippen molar-refractivity contribution in [1.82, 2.24) is 4.98 Å². The maximum atomic E-state index is 12.1. The number of carbonyl (C=O) groups is 2. The first-order valence-corrected chi connectivity index (χ1v) is 6.76. The summed E-state index contributed by atoms with van der Waals surface area (Å²) in [6.07, 6.45) is 0. The fraction of sp³-hybridized carbons (Fsp3) is 0.0833. The van der Waals surface area contributed by atoms with E-state index in [0.29, 0.717) is 20.7 Å². The van der Waals surface area contributed by atoms with E-state index >= 15 is 0 Å². The van der Waals surface area contributed by atoms with Crippen LogP contribution in [-0.4, -0.2) is 23.8 Å². The molecule has 2 rings (SSSR count). The molecule has 0 saturated carbocycles. The van der Waals surface area contributed by atoms with Gasteiger partial charge in [-0.15, -0.1) is 0 Å². The van der Waals surface area contributed by atoms with Crippen LogP contribution in [0.25, 0.3) is 0 Å². The van der Waals surface area contributed by atoms with E-state index in [1.165, 1.54) is 6.07 Å². The quantitative estimate of drug-likeness (QED) is 0.806. The van der Waals surface area contributed by atoms with Crippen LogP contribution >= 0.6 is 22.9 Å². The second kappa shape index (κ2) is 5.89. The van der Waals surface area contributed by atoms with Crippen molar-refractivity contribution in [1.29, 1.82) is 0 Å². The van der Waals surface area contributed by atoms with Crippen molar-refractivity contribution < 1.29 is 9.59 Å². The largest absolute Gasteiger partial charge is 0.365 e. The molecule has 0 spiro atoms. The summed E-state index contributed by atoms with van der Waals surface area (Å²) in [4.78, 5) is 27.3. The molecule has 0 bridgehead atoms. The van der Waals surface area contributed by atoms with E-state index in [1.807, 2.05) is 0 Å². The van der Waals surface area contributed by atoms with Crippen molar-refractivity contribution in [3.63, 3.8) is 0 Å². The van der Waals surface area contributed by atoms with E-state index in [-0.39, 0.29) is 11.6 Å². The summed E-state index contributed by atoms with van der Waals surface area (Å²) in [5.41, 5.74) is 5.63. The van der Waals surface area contributed by atoms with Crippen LogP contribution in [0.3, 0.4) is 0 Å². The number of halogens is 1. The Bertz CT molecular complexity index is 671. The highest BCUT2D eigenvalue weighted by Crippen LogP contribution is 2.28. The Morgan fingerprint density at radius 3 is 2.75 bits per heavy atom. The number of hydrogen-bond donors (Lipinski definition) is 3. The Balaban J connectivity index is 2.27. The molecule has 0 unspecified atom stereocenters. The number of thiazole rings is 1. The van der Waals surface area contributed by atoms with Gasteiger partial charge in [0.1, 0.15) is 5.00 Å². The van der Waals surface area contributed by atoms with Crippen LogP contribution in [0.4, 0.5) is 10.1 Å². The van der Waals surface area contributed by atoms with Gasteiger partial charge in [-0.1, -0.05) is 29.0 Å². The number of rotatable bonds is 4. The molecule has 0 aliphatic rings. The molecule has 20 heavy (non-hydrogen) atoms. The van der Waals surface area contributed by atoms with Gasteiger partial charge in [0.05, 0.1) is 0 Å². The molecule has 8 heteroatoms. The summed E-state index contributed by atoms with van der Waals surface area (Å²) < 4.78 is 0. The average molecular weight is 311 g/mol. The van der Waals surface area contributed by atoms with Crippen molar-refractivity contribution in [2.75, 3.05) is 17.7 Å². The third-order valence-corrected chi connectivity index (χ3v) is 3.61. The fourth-order valence-corrected chi connectivity index (χ4v) is 2.49. The molecule has 1 aromatic carbocycles. The zero-order chi connectivity index (χ0) is 14.7. The third-order valence-electron chi connectivity index (χ3n) is 2.39. The second-order valence-electron chi connectivity index (χ2n) is 3.78. The fourth-order valence-electron chi connectivity index (χ4n) is 1.48. The highest BCUT2D eigenvalue weighted by molar-refractivity contribution is 7.20. The number of anilines is 2. The normalized spacial score (nSPS) is 10.1. The number of hydrogen-bond acceptors (Lipinski definition) is 5. The van der Waals surface area contributed by atoms with Crippen molar-refractivity contribution >= 4 is 44.9 Å². The Morgan fingerprint density at radius 2 is 2.15 bits per heavy atom. The maximum Gasteiger partial charge on any atom is 0.270 e. The van der Waals surface area contributed by atoms with Crippen LogP contribution in [-0.2, 0) is 0 Å². The van der Waals surface area contributed by atoms with E-state index in [1.54, 1.807) is 25.2 Å². The zero-order valence-electron chi connectivity index (χ0n) is 10.4. The van der Waals surface area contributed by atoms with Gasteiger partial charge in [-0.3, -0.25) is 9.59 Å². The number of aromatic nitrogens is 1. The third kappa shape index (κ3) is 3.06. The van der Waals surface area contributed by atoms with Gasteiger partial charge in [0.25, 0.3) is 11.8 Å². The molecule has 0 radical (unpaired) electrons. The molecular weight excluding hydrogens is 300 g/mol. The summed E-state index contributed by atoms with van der Waals surface area (Å²) in [7, 11) is 1.66. The molecule has 6 nitrogen and oxygen atoms in total. The molecule has 1 heterocycles. The van der Waals surface area contributed by atoms with Gasteiger partial charge in [-0.25, -0.2) is 4.98 Å². The van der Waals surface area contributed by atoms with Gasteiger partial charge in [0.15, 0.2) is 10.8 Å². The number of benzene rings is 1. The maximum absolute atomic E-state index is 12.1. The van der Waals surface area contributed by atoms with E-state index < -0.39 is 5.91 Å². The zero-order valence-corrected chi connectivity index (χ0v) is 12.0. The standard InChI is InChI=1S/C12H11ClN4O2S/c1-15-12-16-8(9(14)18)11(20-12)17-10(19)6-3-2-4-7(13)5-6/h2-5H,1H3,(H2,14,18)(H,15,16)(H,17,19). The molecule has 1 aromatic heterocycles. The molecule has 0 aliphatic carbocycles. The summed E-state index contributed by atoms with van der Waals surface area (Å²) in [6.45, 7) is 0. The van der Waals surface area contributed by atoms with E-state index in [9.17, 15) is 9.59 Å². The van der Waals surface area contributed by atoms with Crippen molar-refractivity contribution in [3.8, 4) is 0 Å². The minimum atomic E-state index is -0.704. The Labute approximate surface area is 124 Å². The molecule has 0 saturated heterocycles. The molecule has 0 aliphatic heterocycles. The lowest BCUT2D eigenvalue weighted by Crippen LogP contribution is -2.17. The lowest BCUT2D eigenvalue weighted by atomic mass is 10.2. The highest BCUT2D eigenvalue weighted by atomic mass is 35.5. The summed E-state index contributed by atoms with van der Waals surface area (Å²) in [6, 6.07) is 6.48. The minimum Gasteiger partial charge on any atom is -0.365 e. The number of nitrogens with one attached hydrogen (secondary N) is 2. The van der Waals surface area contributed by atoms with Crippen LogP contribution in [0.15, 0.2) is 24.3 Å². The van der Waals surface area contributed by atoms with Crippen molar-refractivity contribution in [2.45, 2.75) is 0 Å². The Hall–Kier alpha value is -2.12. The van der Waals surface area contributed by atoms with E-state index in [2.05, 4.69) is 15.6 Å². The van der Waals surface area contributed by atoms with Crippen LogP contribution in [0.5, 0.6) is 0 Å². The lowest BCUT2D eigenvalue weighted by molar-refractivity contribution is 0.0997. The monoisotopic (exact) mass is 310 g/mol. The van der Waals surface area contributed by atoms with Gasteiger partial charge in [-0.05, 0) is 18.2 Å². The number of amides is 2. The van der Waals surface area contributed by atoms with Gasteiger partial charge in [0, 0.05) is 17.6 Å².